The van der Waals surface area contributed by atoms with E-state index in [0.717, 1.165) is 12.8 Å². The summed E-state index contributed by atoms with van der Waals surface area (Å²) in [5.74, 6) is 1.31. The van der Waals surface area contributed by atoms with Gasteiger partial charge in [0.15, 0.2) is 5.82 Å². The fourth-order valence-electron chi connectivity index (χ4n) is 3.32. The maximum absolute atomic E-state index is 12.7. The number of nitrogens with one attached hydrogen (secondary N) is 1. The van der Waals surface area contributed by atoms with Gasteiger partial charge in [0.05, 0.1) is 4.90 Å². The van der Waals surface area contributed by atoms with Crippen LogP contribution in [0.25, 0.3) is 0 Å². The van der Waals surface area contributed by atoms with Crippen LogP contribution in [0.5, 0.6) is 0 Å². The third-order valence-corrected chi connectivity index (χ3v) is 7.16. The SMILES string of the molecule is CC(C)(C)c1noc(CCC(=O)NCC2CCN(S(=O)(=O)c3ccccc3)CC2)n1. The number of rotatable bonds is 7. The average molecular weight is 435 g/mol. The second kappa shape index (κ2) is 9.26. The van der Waals surface area contributed by atoms with E-state index in [9.17, 15) is 13.2 Å². The molecule has 8 nitrogen and oxygen atoms in total. The van der Waals surface area contributed by atoms with Gasteiger partial charge in [-0.2, -0.15) is 9.29 Å². The Kier molecular flexibility index (Phi) is 6.92. The summed E-state index contributed by atoms with van der Waals surface area (Å²) in [4.78, 5) is 16.8. The second-order valence-corrected chi connectivity index (χ2v) is 10.7. The Morgan fingerprint density at radius 1 is 1.20 bits per heavy atom. The Labute approximate surface area is 178 Å². The van der Waals surface area contributed by atoms with Gasteiger partial charge in [-0.05, 0) is 30.9 Å². The number of benzene rings is 1. The van der Waals surface area contributed by atoms with Crippen LogP contribution in [-0.2, 0) is 26.7 Å². The number of sulfonamides is 1. The Balaban J connectivity index is 1.40. The molecule has 0 bridgehead atoms. The minimum absolute atomic E-state index is 0.0650. The van der Waals surface area contributed by atoms with Gasteiger partial charge >= 0.3 is 0 Å². The van der Waals surface area contributed by atoms with Crippen LogP contribution in [0.2, 0.25) is 0 Å². The molecular formula is C21H30N4O4S. The molecule has 1 saturated heterocycles. The molecular weight excluding hydrogens is 404 g/mol. The molecule has 1 aromatic heterocycles. The highest BCUT2D eigenvalue weighted by Crippen LogP contribution is 2.23. The molecule has 1 amide bonds. The molecule has 164 valence electrons. The predicted molar refractivity (Wildman–Crippen MR) is 112 cm³/mol. The van der Waals surface area contributed by atoms with Crippen molar-refractivity contribution in [1.82, 2.24) is 19.8 Å². The maximum atomic E-state index is 12.7. The van der Waals surface area contributed by atoms with E-state index in [1.54, 1.807) is 30.3 Å². The lowest BCUT2D eigenvalue weighted by Gasteiger charge is -2.31. The Morgan fingerprint density at radius 3 is 2.47 bits per heavy atom. The van der Waals surface area contributed by atoms with E-state index < -0.39 is 10.0 Å². The summed E-state index contributed by atoms with van der Waals surface area (Å²) in [6.45, 7) is 7.50. The summed E-state index contributed by atoms with van der Waals surface area (Å²) in [6, 6.07) is 8.50. The average Bonchev–Trinajstić information content (AvgIpc) is 3.21. The summed E-state index contributed by atoms with van der Waals surface area (Å²) in [5.41, 5.74) is -0.188. The molecule has 1 aromatic carbocycles. The van der Waals surface area contributed by atoms with E-state index in [1.807, 2.05) is 20.8 Å². The van der Waals surface area contributed by atoms with Crippen LogP contribution < -0.4 is 5.32 Å². The number of carbonyl (C=O) groups excluding carboxylic acids is 1. The van der Waals surface area contributed by atoms with Gasteiger partial charge in [0.25, 0.3) is 0 Å². The lowest BCUT2D eigenvalue weighted by atomic mass is 9.96. The molecule has 2 aromatic rings. The highest BCUT2D eigenvalue weighted by molar-refractivity contribution is 7.89. The van der Waals surface area contributed by atoms with Gasteiger partial charge in [0, 0.05) is 37.9 Å². The fraction of sp³-hybridized carbons (Fsp3) is 0.571. The number of amides is 1. The fourth-order valence-corrected chi connectivity index (χ4v) is 4.81. The van der Waals surface area contributed by atoms with Crippen LogP contribution in [-0.4, -0.2) is 48.4 Å². The molecule has 0 radical (unpaired) electrons. The van der Waals surface area contributed by atoms with Crippen LogP contribution in [0.1, 0.15) is 51.7 Å². The van der Waals surface area contributed by atoms with Crippen LogP contribution in [0.4, 0.5) is 0 Å². The first-order valence-corrected chi connectivity index (χ1v) is 11.8. The van der Waals surface area contributed by atoms with Crippen molar-refractivity contribution < 1.29 is 17.7 Å². The van der Waals surface area contributed by atoms with Gasteiger partial charge in [0.2, 0.25) is 21.8 Å². The minimum Gasteiger partial charge on any atom is -0.356 e. The highest BCUT2D eigenvalue weighted by atomic mass is 32.2. The number of hydrogen-bond acceptors (Lipinski definition) is 6. The van der Waals surface area contributed by atoms with Crippen molar-refractivity contribution >= 4 is 15.9 Å². The molecule has 0 saturated carbocycles. The Hall–Kier alpha value is -2.26. The first-order valence-electron chi connectivity index (χ1n) is 10.3. The summed E-state index contributed by atoms with van der Waals surface area (Å²) in [7, 11) is -3.44. The number of carbonyl (C=O) groups is 1. The summed E-state index contributed by atoms with van der Waals surface area (Å²) in [5, 5.41) is 6.91. The van der Waals surface area contributed by atoms with E-state index >= 15 is 0 Å². The Bertz CT molecular complexity index is 943. The largest absolute Gasteiger partial charge is 0.356 e. The first kappa shape index (κ1) is 22.4. The van der Waals surface area contributed by atoms with Crippen molar-refractivity contribution in [3.05, 3.63) is 42.0 Å². The van der Waals surface area contributed by atoms with Gasteiger partial charge in [-0.25, -0.2) is 8.42 Å². The van der Waals surface area contributed by atoms with Gasteiger partial charge in [-0.1, -0.05) is 44.1 Å². The number of hydrogen-bond donors (Lipinski definition) is 1. The van der Waals surface area contributed by atoms with E-state index in [0.29, 0.717) is 42.7 Å². The molecule has 1 aliphatic rings. The molecule has 1 aliphatic heterocycles. The molecule has 0 atom stereocenters. The van der Waals surface area contributed by atoms with Crippen LogP contribution >= 0.6 is 0 Å². The molecule has 1 N–H and O–H groups in total. The summed E-state index contributed by atoms with van der Waals surface area (Å²) in [6.07, 6.45) is 2.14. The lowest BCUT2D eigenvalue weighted by Crippen LogP contribution is -2.41. The zero-order valence-electron chi connectivity index (χ0n) is 17.8. The molecule has 0 spiro atoms. The van der Waals surface area contributed by atoms with Crippen molar-refractivity contribution in [3.63, 3.8) is 0 Å². The number of piperidine rings is 1. The van der Waals surface area contributed by atoms with Crippen LogP contribution in [0.3, 0.4) is 0 Å². The second-order valence-electron chi connectivity index (χ2n) is 8.73. The highest BCUT2D eigenvalue weighted by Gasteiger charge is 2.29. The first-order chi connectivity index (χ1) is 14.2. The van der Waals surface area contributed by atoms with Gasteiger partial charge in [-0.15, -0.1) is 0 Å². The molecule has 2 heterocycles. The number of aromatic nitrogens is 2. The van der Waals surface area contributed by atoms with Crippen molar-refractivity contribution in [2.45, 2.75) is 56.8 Å². The standard InChI is InChI=1S/C21H30N4O4S/c1-21(2,3)20-23-19(29-24-20)10-9-18(26)22-15-16-11-13-25(14-12-16)30(27,28)17-7-5-4-6-8-17/h4-8,16H,9-15H2,1-3H3,(H,22,26). The number of nitrogens with zero attached hydrogens (tertiary/aromatic N) is 3. The predicted octanol–water partition coefficient (Wildman–Crippen LogP) is 2.52. The smallest absolute Gasteiger partial charge is 0.243 e. The van der Waals surface area contributed by atoms with E-state index in [2.05, 4.69) is 15.5 Å². The third-order valence-electron chi connectivity index (χ3n) is 5.25. The summed E-state index contributed by atoms with van der Waals surface area (Å²) < 4.78 is 32.1. The van der Waals surface area contributed by atoms with Crippen LogP contribution in [0, 0.1) is 5.92 Å². The molecule has 30 heavy (non-hydrogen) atoms. The summed E-state index contributed by atoms with van der Waals surface area (Å²) >= 11 is 0. The lowest BCUT2D eigenvalue weighted by molar-refractivity contribution is -0.121. The Morgan fingerprint density at radius 2 is 1.87 bits per heavy atom. The zero-order chi connectivity index (χ0) is 21.8. The minimum atomic E-state index is -3.44. The van der Waals surface area contributed by atoms with Crippen LogP contribution in [0.15, 0.2) is 39.8 Å². The van der Waals surface area contributed by atoms with Crippen molar-refractivity contribution in [2.75, 3.05) is 19.6 Å². The monoisotopic (exact) mass is 434 g/mol. The topological polar surface area (TPSA) is 105 Å². The van der Waals surface area contributed by atoms with Crippen molar-refractivity contribution in [1.29, 1.82) is 0 Å². The molecule has 9 heteroatoms. The van der Waals surface area contributed by atoms with E-state index in [4.69, 9.17) is 4.52 Å². The zero-order valence-corrected chi connectivity index (χ0v) is 18.6. The number of aryl methyl sites for hydroxylation is 1. The van der Waals surface area contributed by atoms with Crippen molar-refractivity contribution in [3.8, 4) is 0 Å². The van der Waals surface area contributed by atoms with E-state index in [1.165, 1.54) is 4.31 Å². The molecule has 0 unspecified atom stereocenters. The molecule has 1 fully saturated rings. The van der Waals surface area contributed by atoms with Gasteiger partial charge in [-0.3, -0.25) is 4.79 Å². The normalized spacial score (nSPS) is 16.5. The quantitative estimate of drug-likeness (QED) is 0.718. The van der Waals surface area contributed by atoms with Gasteiger partial charge < -0.3 is 9.84 Å². The molecule has 0 aliphatic carbocycles. The maximum Gasteiger partial charge on any atom is 0.243 e. The molecule has 3 rings (SSSR count). The van der Waals surface area contributed by atoms with Gasteiger partial charge in [0.1, 0.15) is 0 Å². The van der Waals surface area contributed by atoms with E-state index in [-0.39, 0.29) is 23.7 Å². The third kappa shape index (κ3) is 5.66. The van der Waals surface area contributed by atoms with Crippen molar-refractivity contribution in [2.24, 2.45) is 5.92 Å².